The largest absolute Gasteiger partial charge is 0.483 e. The number of hydrogen-bond donors (Lipinski definition) is 1. The molecule has 0 radical (unpaired) electrons. The van der Waals surface area contributed by atoms with E-state index in [2.05, 4.69) is 5.32 Å². The second-order valence-corrected chi connectivity index (χ2v) is 9.81. The van der Waals surface area contributed by atoms with Crippen LogP contribution in [0.3, 0.4) is 0 Å². The van der Waals surface area contributed by atoms with E-state index in [1.165, 1.54) is 0 Å². The van der Waals surface area contributed by atoms with Crippen molar-refractivity contribution in [3.8, 4) is 5.75 Å². The van der Waals surface area contributed by atoms with Gasteiger partial charge in [-0.15, -0.1) is 0 Å². The first-order valence-corrected chi connectivity index (χ1v) is 13.3. The highest BCUT2D eigenvalue weighted by molar-refractivity contribution is 6.31. The van der Waals surface area contributed by atoms with E-state index in [0.717, 1.165) is 28.3 Å². The van der Waals surface area contributed by atoms with Gasteiger partial charge in [0, 0.05) is 29.4 Å². The topological polar surface area (TPSA) is 58.6 Å². The Kier molecular flexibility index (Phi) is 9.39. The fourth-order valence-corrected chi connectivity index (χ4v) is 4.54. The molecule has 6 heteroatoms. The van der Waals surface area contributed by atoms with Crippen LogP contribution < -0.4 is 10.1 Å². The van der Waals surface area contributed by atoms with Crippen molar-refractivity contribution in [3.63, 3.8) is 0 Å². The minimum atomic E-state index is -0.744. The number of halogens is 1. The van der Waals surface area contributed by atoms with Gasteiger partial charge in [0.2, 0.25) is 5.91 Å². The molecule has 0 aromatic heterocycles. The van der Waals surface area contributed by atoms with E-state index < -0.39 is 6.04 Å². The lowest BCUT2D eigenvalue weighted by Crippen LogP contribution is -2.53. The van der Waals surface area contributed by atoms with E-state index in [4.69, 9.17) is 16.3 Å². The molecule has 0 saturated carbocycles. The Labute approximate surface area is 229 Å². The Bertz CT molecular complexity index is 1370. The molecule has 2 atom stereocenters. The number of amides is 2. The molecule has 2 amide bonds. The van der Waals surface area contributed by atoms with Crippen LogP contribution in [-0.4, -0.2) is 35.4 Å². The number of carbonyl (C=O) groups is 2. The van der Waals surface area contributed by atoms with Crippen LogP contribution in [0.15, 0.2) is 97.1 Å². The van der Waals surface area contributed by atoms with Gasteiger partial charge in [-0.25, -0.2) is 0 Å². The smallest absolute Gasteiger partial charge is 0.261 e. The Morgan fingerprint density at radius 3 is 2.34 bits per heavy atom. The number of rotatable bonds is 11. The van der Waals surface area contributed by atoms with Crippen molar-refractivity contribution in [3.05, 3.63) is 113 Å². The lowest BCUT2D eigenvalue weighted by Gasteiger charge is -2.32. The van der Waals surface area contributed by atoms with Crippen molar-refractivity contribution in [1.29, 1.82) is 0 Å². The predicted molar refractivity (Wildman–Crippen MR) is 153 cm³/mol. The Morgan fingerprint density at radius 1 is 0.895 bits per heavy atom. The van der Waals surface area contributed by atoms with Crippen LogP contribution in [0.5, 0.6) is 5.75 Å². The molecule has 0 spiro atoms. The number of fused-ring (bicyclic) bond motifs is 1. The van der Waals surface area contributed by atoms with Gasteiger partial charge < -0.3 is 15.0 Å². The Hall–Kier alpha value is -3.83. The van der Waals surface area contributed by atoms with Crippen LogP contribution >= 0.6 is 11.6 Å². The van der Waals surface area contributed by atoms with E-state index in [9.17, 15) is 9.59 Å². The average Bonchev–Trinajstić information content (AvgIpc) is 2.94. The van der Waals surface area contributed by atoms with E-state index in [-0.39, 0.29) is 31.0 Å². The highest BCUT2D eigenvalue weighted by Crippen LogP contribution is 2.26. The zero-order chi connectivity index (χ0) is 26.9. The van der Waals surface area contributed by atoms with Gasteiger partial charge in [-0.2, -0.15) is 0 Å². The highest BCUT2D eigenvalue weighted by atomic mass is 35.5. The van der Waals surface area contributed by atoms with Crippen molar-refractivity contribution in [2.75, 3.05) is 6.61 Å². The molecule has 5 nitrogen and oxygen atoms in total. The summed E-state index contributed by atoms with van der Waals surface area (Å²) in [6.45, 7) is 3.95. The molecule has 4 aromatic rings. The summed E-state index contributed by atoms with van der Waals surface area (Å²) < 4.78 is 6.06. The molecule has 0 saturated heterocycles. The van der Waals surface area contributed by atoms with Crippen LogP contribution in [0.2, 0.25) is 5.02 Å². The Balaban J connectivity index is 1.66. The molecule has 1 N–H and O–H groups in total. The van der Waals surface area contributed by atoms with Crippen LogP contribution in [0.1, 0.15) is 31.4 Å². The van der Waals surface area contributed by atoms with E-state index in [1.807, 2.05) is 105 Å². The summed E-state index contributed by atoms with van der Waals surface area (Å²) in [4.78, 5) is 29.0. The van der Waals surface area contributed by atoms with Gasteiger partial charge in [-0.05, 0) is 42.0 Å². The third-order valence-electron chi connectivity index (χ3n) is 6.67. The summed E-state index contributed by atoms with van der Waals surface area (Å²) in [6.07, 6.45) is 1.15. The zero-order valence-electron chi connectivity index (χ0n) is 21.8. The first kappa shape index (κ1) is 27.2. The third-order valence-corrected chi connectivity index (χ3v) is 7.04. The normalized spacial score (nSPS) is 12.5. The summed E-state index contributed by atoms with van der Waals surface area (Å²) in [6, 6.07) is 30.0. The second kappa shape index (κ2) is 13.1. The standard InChI is InChI=1S/C32H33ClN2O3/c1-3-23(2)34-32(37)29(20-24-12-5-4-6-13-24)35(21-26-15-8-10-18-28(26)33)31(36)22-38-30-19-11-16-25-14-7-9-17-27(25)30/h4-19,23,29H,3,20-22H2,1-2H3,(H,34,37)/t23-,29+/m0/s1. The maximum atomic E-state index is 13.8. The summed E-state index contributed by atoms with van der Waals surface area (Å²) in [5.41, 5.74) is 1.73. The van der Waals surface area contributed by atoms with Crippen LogP contribution in [0.4, 0.5) is 0 Å². The molecule has 4 aromatic carbocycles. The van der Waals surface area contributed by atoms with Gasteiger partial charge in [0.15, 0.2) is 6.61 Å². The van der Waals surface area contributed by atoms with Crippen molar-refractivity contribution in [2.45, 2.75) is 45.3 Å². The number of carbonyl (C=O) groups excluding carboxylic acids is 2. The lowest BCUT2D eigenvalue weighted by atomic mass is 10.0. The predicted octanol–water partition coefficient (Wildman–Crippen LogP) is 6.43. The molecule has 0 unspecified atom stereocenters. The summed E-state index contributed by atoms with van der Waals surface area (Å²) >= 11 is 6.49. The van der Waals surface area contributed by atoms with E-state index in [1.54, 1.807) is 11.0 Å². The lowest BCUT2D eigenvalue weighted by molar-refractivity contribution is -0.143. The first-order valence-electron chi connectivity index (χ1n) is 12.9. The minimum absolute atomic E-state index is 0.0232. The number of nitrogens with zero attached hydrogens (tertiary/aromatic N) is 1. The quantitative estimate of drug-likeness (QED) is 0.244. The zero-order valence-corrected chi connectivity index (χ0v) is 22.5. The monoisotopic (exact) mass is 528 g/mol. The van der Waals surface area contributed by atoms with Crippen molar-refractivity contribution in [1.82, 2.24) is 10.2 Å². The summed E-state index contributed by atoms with van der Waals surface area (Å²) in [7, 11) is 0. The molecule has 0 aliphatic carbocycles. The number of benzene rings is 4. The van der Waals surface area contributed by atoms with E-state index >= 15 is 0 Å². The molecule has 196 valence electrons. The first-order chi connectivity index (χ1) is 18.5. The molecule has 0 fully saturated rings. The minimum Gasteiger partial charge on any atom is -0.483 e. The number of ether oxygens (including phenoxy) is 1. The fraction of sp³-hybridized carbons (Fsp3) is 0.250. The Morgan fingerprint density at radius 2 is 1.58 bits per heavy atom. The number of nitrogens with one attached hydrogen (secondary N) is 1. The molecule has 0 aliphatic rings. The molecule has 0 bridgehead atoms. The second-order valence-electron chi connectivity index (χ2n) is 9.40. The van der Waals surface area contributed by atoms with Gasteiger partial charge in [0.25, 0.3) is 5.91 Å². The summed E-state index contributed by atoms with van der Waals surface area (Å²) in [5, 5.41) is 5.57. The highest BCUT2D eigenvalue weighted by Gasteiger charge is 2.31. The summed E-state index contributed by atoms with van der Waals surface area (Å²) in [5.74, 6) is 0.129. The maximum absolute atomic E-state index is 13.8. The molecular weight excluding hydrogens is 496 g/mol. The molecular formula is C32H33ClN2O3. The van der Waals surface area contributed by atoms with Crippen LogP contribution in [-0.2, 0) is 22.6 Å². The third kappa shape index (κ3) is 6.93. The molecule has 0 aliphatic heterocycles. The van der Waals surface area contributed by atoms with Crippen LogP contribution in [0.25, 0.3) is 10.8 Å². The SMILES string of the molecule is CC[C@H](C)NC(=O)[C@@H](Cc1ccccc1)N(Cc1ccccc1Cl)C(=O)COc1cccc2ccccc12. The van der Waals surface area contributed by atoms with Crippen LogP contribution in [0, 0.1) is 0 Å². The van der Waals surface area contributed by atoms with Gasteiger partial charge in [-0.1, -0.05) is 103 Å². The van der Waals surface area contributed by atoms with Gasteiger partial charge in [-0.3, -0.25) is 9.59 Å². The van der Waals surface area contributed by atoms with Gasteiger partial charge in [0.1, 0.15) is 11.8 Å². The fourth-order valence-electron chi connectivity index (χ4n) is 4.35. The number of hydrogen-bond acceptors (Lipinski definition) is 3. The van der Waals surface area contributed by atoms with Gasteiger partial charge in [0.05, 0.1) is 0 Å². The molecule has 38 heavy (non-hydrogen) atoms. The van der Waals surface area contributed by atoms with Crippen molar-refractivity contribution >= 4 is 34.2 Å². The van der Waals surface area contributed by atoms with Gasteiger partial charge >= 0.3 is 0 Å². The van der Waals surface area contributed by atoms with E-state index in [0.29, 0.717) is 17.2 Å². The molecule has 4 rings (SSSR count). The average molecular weight is 529 g/mol. The van der Waals surface area contributed by atoms with Crippen molar-refractivity contribution in [2.24, 2.45) is 0 Å². The molecule has 0 heterocycles. The van der Waals surface area contributed by atoms with Crippen molar-refractivity contribution < 1.29 is 14.3 Å². The maximum Gasteiger partial charge on any atom is 0.261 e.